The average Bonchev–Trinajstić information content (AvgIpc) is 3.02. The van der Waals surface area contributed by atoms with Crippen LogP contribution in [-0.2, 0) is 11.4 Å². The molecule has 1 aliphatic rings. The van der Waals surface area contributed by atoms with Gasteiger partial charge in [0.25, 0.3) is 0 Å². The first-order chi connectivity index (χ1) is 20.8. The molecule has 0 spiro atoms. The van der Waals surface area contributed by atoms with Crippen LogP contribution in [0.5, 0.6) is 28.7 Å². The van der Waals surface area contributed by atoms with E-state index in [0.29, 0.717) is 28.5 Å². The van der Waals surface area contributed by atoms with Crippen LogP contribution in [0.1, 0.15) is 54.4 Å². The number of benzene rings is 4. The van der Waals surface area contributed by atoms with Crippen molar-refractivity contribution < 1.29 is 33.6 Å². The number of ether oxygens (including phenoxy) is 3. The summed E-state index contributed by atoms with van der Waals surface area (Å²) in [7, 11) is 1.52. The van der Waals surface area contributed by atoms with Crippen LogP contribution < -0.4 is 19.6 Å². The van der Waals surface area contributed by atoms with Crippen molar-refractivity contribution in [1.29, 1.82) is 0 Å². The highest BCUT2D eigenvalue weighted by Crippen LogP contribution is 2.54. The molecular weight excluding hydrogens is 548 g/mol. The SMILES string of the molecule is COc1cccc([C@H]2CC(=O)Oc3c(O)c(O)c4c(=O)cc(-c5ccccc5)oc4c32)c1OCc1ccc(C(C)C)cc1. The van der Waals surface area contributed by atoms with Gasteiger partial charge in [-0.05, 0) is 23.1 Å². The summed E-state index contributed by atoms with van der Waals surface area (Å²) in [5.74, 6) is -1.61. The number of carbonyl (C=O) groups excluding carboxylic acids is 1. The van der Waals surface area contributed by atoms with Crippen molar-refractivity contribution in [2.24, 2.45) is 0 Å². The highest BCUT2D eigenvalue weighted by molar-refractivity contribution is 5.96. The first-order valence-corrected chi connectivity index (χ1v) is 14.0. The zero-order valence-electron chi connectivity index (χ0n) is 23.9. The summed E-state index contributed by atoms with van der Waals surface area (Å²) in [4.78, 5) is 26.3. The van der Waals surface area contributed by atoms with Crippen molar-refractivity contribution >= 4 is 16.9 Å². The Kier molecular flexibility index (Phi) is 7.27. The van der Waals surface area contributed by atoms with E-state index in [1.165, 1.54) is 18.7 Å². The predicted octanol–water partition coefficient (Wildman–Crippen LogP) is 7.02. The van der Waals surface area contributed by atoms with Gasteiger partial charge in [0, 0.05) is 23.1 Å². The Labute approximate surface area is 247 Å². The normalized spacial score (nSPS) is 14.4. The molecule has 1 aliphatic heterocycles. The molecule has 0 amide bonds. The number of esters is 1. The summed E-state index contributed by atoms with van der Waals surface area (Å²) < 4.78 is 23.7. The summed E-state index contributed by atoms with van der Waals surface area (Å²) in [5.41, 5.74) is 3.06. The molecule has 0 unspecified atom stereocenters. The third kappa shape index (κ3) is 5.05. The van der Waals surface area contributed by atoms with E-state index in [-0.39, 0.29) is 41.1 Å². The van der Waals surface area contributed by atoms with Gasteiger partial charge in [-0.15, -0.1) is 0 Å². The first-order valence-electron chi connectivity index (χ1n) is 14.0. The highest BCUT2D eigenvalue weighted by Gasteiger charge is 2.38. The lowest BCUT2D eigenvalue weighted by molar-refractivity contribution is -0.135. The maximum Gasteiger partial charge on any atom is 0.312 e. The number of fused-ring (bicyclic) bond motifs is 3. The Balaban J connectivity index is 1.53. The van der Waals surface area contributed by atoms with Crippen LogP contribution in [0.15, 0.2) is 88.1 Å². The van der Waals surface area contributed by atoms with Crippen LogP contribution >= 0.6 is 0 Å². The Morgan fingerprint density at radius 1 is 0.930 bits per heavy atom. The average molecular weight is 579 g/mol. The number of carbonyl (C=O) groups is 1. The molecule has 2 N–H and O–H groups in total. The Morgan fingerprint density at radius 3 is 2.37 bits per heavy atom. The van der Waals surface area contributed by atoms with Crippen molar-refractivity contribution in [3.63, 3.8) is 0 Å². The molecule has 43 heavy (non-hydrogen) atoms. The Morgan fingerprint density at radius 2 is 1.67 bits per heavy atom. The van der Waals surface area contributed by atoms with Crippen molar-refractivity contribution in [3.8, 4) is 40.1 Å². The lowest BCUT2D eigenvalue weighted by Gasteiger charge is -2.28. The topological polar surface area (TPSA) is 115 Å². The molecular formula is C35H30O8. The fraction of sp³-hybridized carbons (Fsp3) is 0.200. The van der Waals surface area contributed by atoms with Crippen LogP contribution in [0.4, 0.5) is 0 Å². The molecule has 8 heteroatoms. The Bertz CT molecular complexity index is 1890. The number of aromatic hydroxyl groups is 2. The molecule has 6 rings (SSSR count). The van der Waals surface area contributed by atoms with Crippen molar-refractivity contribution in [2.45, 2.75) is 38.7 Å². The molecule has 1 aromatic heterocycles. The molecule has 2 heterocycles. The van der Waals surface area contributed by atoms with Gasteiger partial charge in [-0.25, -0.2) is 0 Å². The van der Waals surface area contributed by atoms with Crippen LogP contribution in [0.2, 0.25) is 0 Å². The van der Waals surface area contributed by atoms with E-state index < -0.39 is 28.8 Å². The van der Waals surface area contributed by atoms with E-state index in [1.54, 1.807) is 30.3 Å². The summed E-state index contributed by atoms with van der Waals surface area (Å²) in [6, 6.07) is 23.8. The van der Waals surface area contributed by atoms with Crippen LogP contribution in [0.3, 0.4) is 0 Å². The van der Waals surface area contributed by atoms with Crippen LogP contribution in [0.25, 0.3) is 22.3 Å². The van der Waals surface area contributed by atoms with Gasteiger partial charge in [0.15, 0.2) is 28.4 Å². The minimum absolute atomic E-state index is 0.00666. The van der Waals surface area contributed by atoms with Gasteiger partial charge in [-0.2, -0.15) is 0 Å². The summed E-state index contributed by atoms with van der Waals surface area (Å²) >= 11 is 0. The largest absolute Gasteiger partial charge is 0.504 e. The second-order valence-corrected chi connectivity index (χ2v) is 10.8. The molecule has 8 nitrogen and oxygen atoms in total. The van der Waals surface area contributed by atoms with E-state index >= 15 is 0 Å². The van der Waals surface area contributed by atoms with Gasteiger partial charge in [0.05, 0.1) is 19.1 Å². The molecule has 0 fully saturated rings. The third-order valence-electron chi connectivity index (χ3n) is 7.74. The zero-order valence-corrected chi connectivity index (χ0v) is 23.9. The minimum Gasteiger partial charge on any atom is -0.504 e. The number of phenolic OH excluding ortho intramolecular Hbond substituents is 2. The molecule has 0 aliphatic carbocycles. The summed E-state index contributed by atoms with van der Waals surface area (Å²) in [5, 5.41) is 21.6. The van der Waals surface area contributed by atoms with Crippen molar-refractivity contribution in [1.82, 2.24) is 0 Å². The quantitative estimate of drug-likeness (QED) is 0.120. The monoisotopic (exact) mass is 578 g/mol. The van der Waals surface area contributed by atoms with E-state index in [4.69, 9.17) is 18.6 Å². The number of para-hydroxylation sites is 1. The number of methoxy groups -OCH3 is 1. The molecule has 0 saturated heterocycles. The van der Waals surface area contributed by atoms with Gasteiger partial charge in [-0.1, -0.05) is 80.6 Å². The minimum atomic E-state index is -0.771. The molecule has 218 valence electrons. The maximum absolute atomic E-state index is 13.3. The third-order valence-corrected chi connectivity index (χ3v) is 7.74. The van der Waals surface area contributed by atoms with Crippen LogP contribution in [0, 0.1) is 0 Å². The maximum atomic E-state index is 13.3. The number of rotatable bonds is 7. The van der Waals surface area contributed by atoms with E-state index in [2.05, 4.69) is 26.0 Å². The van der Waals surface area contributed by atoms with Crippen molar-refractivity contribution in [2.75, 3.05) is 7.11 Å². The van der Waals surface area contributed by atoms with E-state index in [1.807, 2.05) is 30.3 Å². The smallest absolute Gasteiger partial charge is 0.312 e. The highest BCUT2D eigenvalue weighted by atomic mass is 16.5. The van der Waals surface area contributed by atoms with Crippen molar-refractivity contribution in [3.05, 3.63) is 111 Å². The lowest BCUT2D eigenvalue weighted by Crippen LogP contribution is -2.22. The molecule has 5 aromatic rings. The predicted molar refractivity (Wildman–Crippen MR) is 161 cm³/mol. The number of hydrogen-bond donors (Lipinski definition) is 2. The molecule has 4 aromatic carbocycles. The number of phenols is 2. The zero-order chi connectivity index (χ0) is 30.2. The van der Waals surface area contributed by atoms with Gasteiger partial charge in [0.1, 0.15) is 23.3 Å². The second kappa shape index (κ2) is 11.2. The fourth-order valence-corrected chi connectivity index (χ4v) is 5.49. The van der Waals surface area contributed by atoms with Gasteiger partial charge in [-0.3, -0.25) is 9.59 Å². The van der Waals surface area contributed by atoms with Crippen LogP contribution in [-0.4, -0.2) is 23.3 Å². The number of hydrogen-bond acceptors (Lipinski definition) is 8. The summed E-state index contributed by atoms with van der Waals surface area (Å²) in [6.45, 7) is 4.49. The standard InChI is InChI=1S/C35H30O8/c1-19(2)21-14-12-20(13-15-21)18-41-33-23(10-7-11-26(33)40-3)24-16-28(37)43-35-29(24)34-30(31(38)32(35)39)25(36)17-27(42-34)22-8-5-4-6-9-22/h4-15,17,19,24,38-39H,16,18H2,1-3H3/t24-/m1/s1. The van der Waals surface area contributed by atoms with Gasteiger partial charge < -0.3 is 28.8 Å². The first kappa shape index (κ1) is 27.9. The van der Waals surface area contributed by atoms with E-state index in [9.17, 15) is 19.8 Å². The lowest BCUT2D eigenvalue weighted by atomic mass is 9.84. The molecule has 0 radical (unpaired) electrons. The Hall–Kier alpha value is -5.24. The summed E-state index contributed by atoms with van der Waals surface area (Å²) in [6.07, 6.45) is -0.141. The molecule has 0 saturated carbocycles. The van der Waals surface area contributed by atoms with E-state index in [0.717, 1.165) is 5.56 Å². The molecule has 0 bridgehead atoms. The van der Waals surface area contributed by atoms with Gasteiger partial charge in [0.2, 0.25) is 5.75 Å². The second-order valence-electron chi connectivity index (χ2n) is 10.8. The van der Waals surface area contributed by atoms with Gasteiger partial charge >= 0.3 is 5.97 Å². The fourth-order valence-electron chi connectivity index (χ4n) is 5.49. The molecule has 1 atom stereocenters.